The van der Waals surface area contributed by atoms with Crippen molar-refractivity contribution in [2.24, 2.45) is 0 Å². The van der Waals surface area contributed by atoms with E-state index in [1.165, 1.54) is 22.6 Å². The zero-order valence-corrected chi connectivity index (χ0v) is 13.2. The maximum Gasteiger partial charge on any atom is 0.00721 e. The van der Waals surface area contributed by atoms with Crippen molar-refractivity contribution in [3.63, 3.8) is 0 Å². The molecule has 0 spiro atoms. The van der Waals surface area contributed by atoms with Gasteiger partial charge in [-0.05, 0) is 41.8 Å². The molecule has 0 heterocycles. The maximum absolute atomic E-state index is 3.45. The molecule has 1 aromatic rings. The fraction of sp³-hybridized carbons (Fsp3) is 0.625. The Hall–Kier alpha value is -0.470. The van der Waals surface area contributed by atoms with Crippen LogP contribution in [0.1, 0.15) is 46.6 Å². The molecule has 0 aliphatic rings. The molecule has 102 valence electrons. The van der Waals surface area contributed by atoms with Crippen molar-refractivity contribution >= 4 is 11.8 Å². The van der Waals surface area contributed by atoms with Crippen molar-refractivity contribution in [1.82, 2.24) is 5.32 Å². The summed E-state index contributed by atoms with van der Waals surface area (Å²) in [5, 5.41) is 3.45. The molecule has 0 fully saturated rings. The summed E-state index contributed by atoms with van der Waals surface area (Å²) in [6.07, 6.45) is 1.23. The van der Waals surface area contributed by atoms with Crippen LogP contribution in [0.2, 0.25) is 0 Å². The predicted octanol–water partition coefficient (Wildman–Crippen LogP) is 4.46. The summed E-state index contributed by atoms with van der Waals surface area (Å²) >= 11 is 1.95. The molecule has 0 bridgehead atoms. The second-order valence-corrected chi connectivity index (χ2v) is 7.25. The van der Waals surface area contributed by atoms with Crippen molar-refractivity contribution in [3.8, 4) is 0 Å². The topological polar surface area (TPSA) is 12.0 Å². The second kappa shape index (κ2) is 7.20. The highest BCUT2D eigenvalue weighted by atomic mass is 32.2. The zero-order valence-electron chi connectivity index (χ0n) is 12.4. The monoisotopic (exact) mass is 265 g/mol. The van der Waals surface area contributed by atoms with Crippen LogP contribution < -0.4 is 5.32 Å². The van der Waals surface area contributed by atoms with Gasteiger partial charge in [0.2, 0.25) is 0 Å². The Labute approximate surface area is 117 Å². The lowest BCUT2D eigenvalue weighted by atomic mass is 9.87. The lowest BCUT2D eigenvalue weighted by Gasteiger charge is -2.19. The minimum atomic E-state index is 0.254. The summed E-state index contributed by atoms with van der Waals surface area (Å²) < 4.78 is 0. The molecule has 1 rings (SSSR count). The van der Waals surface area contributed by atoms with Gasteiger partial charge in [-0.15, -0.1) is 11.8 Å². The van der Waals surface area contributed by atoms with E-state index in [0.29, 0.717) is 6.04 Å². The van der Waals surface area contributed by atoms with Gasteiger partial charge in [-0.1, -0.05) is 46.8 Å². The normalized spacial score (nSPS) is 12.1. The van der Waals surface area contributed by atoms with E-state index in [1.54, 1.807) is 0 Å². The molecule has 0 saturated heterocycles. The Bertz CT molecular complexity index is 335. The first-order valence-corrected chi connectivity index (χ1v) is 7.85. The van der Waals surface area contributed by atoms with Gasteiger partial charge in [0.1, 0.15) is 0 Å². The molecule has 1 N–H and O–H groups in total. The van der Waals surface area contributed by atoms with Gasteiger partial charge < -0.3 is 5.32 Å². The molecule has 1 aromatic carbocycles. The number of hydrogen-bond donors (Lipinski definition) is 1. The lowest BCUT2D eigenvalue weighted by molar-refractivity contribution is 0.586. The van der Waals surface area contributed by atoms with E-state index in [9.17, 15) is 0 Å². The number of benzene rings is 1. The molecule has 0 aliphatic carbocycles. The molecule has 0 aliphatic heterocycles. The third-order valence-electron chi connectivity index (χ3n) is 2.86. The van der Waals surface area contributed by atoms with Gasteiger partial charge >= 0.3 is 0 Å². The van der Waals surface area contributed by atoms with Crippen LogP contribution in [0.5, 0.6) is 0 Å². The Morgan fingerprint density at radius 3 is 2.22 bits per heavy atom. The van der Waals surface area contributed by atoms with Crippen LogP contribution in [0.15, 0.2) is 29.2 Å². The average Bonchev–Trinajstić information content (AvgIpc) is 2.27. The standard InChI is InChI=1S/C16H27NS/c1-13(2)17-11-6-12-18-15-9-7-14(8-10-15)16(3,4)5/h7-10,13,17H,6,11-12H2,1-5H3. The summed E-state index contributed by atoms with van der Waals surface area (Å²) in [4.78, 5) is 1.38. The molecule has 1 nitrogen and oxygen atoms in total. The van der Waals surface area contributed by atoms with Crippen LogP contribution in [-0.2, 0) is 5.41 Å². The van der Waals surface area contributed by atoms with Crippen LogP contribution in [0, 0.1) is 0 Å². The highest BCUT2D eigenvalue weighted by Crippen LogP contribution is 2.25. The fourth-order valence-electron chi connectivity index (χ4n) is 1.70. The Kier molecular flexibility index (Phi) is 6.24. The van der Waals surface area contributed by atoms with Gasteiger partial charge in [-0.3, -0.25) is 0 Å². The number of thioether (sulfide) groups is 1. The molecule has 0 unspecified atom stereocenters. The van der Waals surface area contributed by atoms with Crippen molar-refractivity contribution < 1.29 is 0 Å². The van der Waals surface area contributed by atoms with E-state index in [1.807, 2.05) is 11.8 Å². The van der Waals surface area contributed by atoms with Crippen LogP contribution in [0.25, 0.3) is 0 Å². The van der Waals surface area contributed by atoms with Crippen molar-refractivity contribution in [2.45, 2.75) is 57.4 Å². The number of rotatable bonds is 6. The largest absolute Gasteiger partial charge is 0.315 e. The van der Waals surface area contributed by atoms with Crippen LogP contribution in [0.4, 0.5) is 0 Å². The summed E-state index contributed by atoms with van der Waals surface area (Å²) in [6.45, 7) is 12.3. The van der Waals surface area contributed by atoms with Crippen molar-refractivity contribution in [1.29, 1.82) is 0 Å². The van der Waals surface area contributed by atoms with Gasteiger partial charge in [0.15, 0.2) is 0 Å². The van der Waals surface area contributed by atoms with E-state index in [2.05, 4.69) is 64.2 Å². The Balaban J connectivity index is 2.31. The summed E-state index contributed by atoms with van der Waals surface area (Å²) in [5.74, 6) is 1.19. The van der Waals surface area contributed by atoms with E-state index in [-0.39, 0.29) is 5.41 Å². The van der Waals surface area contributed by atoms with E-state index >= 15 is 0 Å². The summed E-state index contributed by atoms with van der Waals surface area (Å²) in [5.41, 5.74) is 1.66. The third kappa shape index (κ3) is 5.92. The van der Waals surface area contributed by atoms with Gasteiger partial charge in [0, 0.05) is 10.9 Å². The van der Waals surface area contributed by atoms with Crippen LogP contribution >= 0.6 is 11.8 Å². The van der Waals surface area contributed by atoms with Crippen molar-refractivity contribution in [3.05, 3.63) is 29.8 Å². The highest BCUT2D eigenvalue weighted by Gasteiger charge is 2.12. The minimum absolute atomic E-state index is 0.254. The Morgan fingerprint density at radius 1 is 1.11 bits per heavy atom. The Morgan fingerprint density at radius 2 is 1.72 bits per heavy atom. The molecule has 0 amide bonds. The number of hydrogen-bond acceptors (Lipinski definition) is 2. The zero-order chi connectivity index (χ0) is 13.6. The van der Waals surface area contributed by atoms with Gasteiger partial charge in [0.05, 0.1) is 0 Å². The van der Waals surface area contributed by atoms with Gasteiger partial charge in [-0.2, -0.15) is 0 Å². The smallest absolute Gasteiger partial charge is 0.00721 e. The molecular formula is C16H27NS. The summed E-state index contributed by atoms with van der Waals surface area (Å²) in [6, 6.07) is 9.62. The highest BCUT2D eigenvalue weighted by molar-refractivity contribution is 7.99. The molecule has 0 saturated carbocycles. The van der Waals surface area contributed by atoms with Gasteiger partial charge in [-0.25, -0.2) is 0 Å². The third-order valence-corrected chi connectivity index (χ3v) is 3.96. The second-order valence-electron chi connectivity index (χ2n) is 6.09. The van der Waals surface area contributed by atoms with Crippen molar-refractivity contribution in [2.75, 3.05) is 12.3 Å². The first-order chi connectivity index (χ1) is 8.39. The van der Waals surface area contributed by atoms with E-state index in [4.69, 9.17) is 0 Å². The van der Waals surface area contributed by atoms with E-state index < -0.39 is 0 Å². The lowest BCUT2D eigenvalue weighted by Crippen LogP contribution is -2.23. The fourth-order valence-corrected chi connectivity index (χ4v) is 2.56. The van der Waals surface area contributed by atoms with Crippen LogP contribution in [-0.4, -0.2) is 18.3 Å². The maximum atomic E-state index is 3.45. The molecular weight excluding hydrogens is 238 g/mol. The van der Waals surface area contributed by atoms with E-state index in [0.717, 1.165) is 6.54 Å². The predicted molar refractivity (Wildman–Crippen MR) is 83.6 cm³/mol. The minimum Gasteiger partial charge on any atom is -0.315 e. The first-order valence-electron chi connectivity index (χ1n) is 6.86. The molecule has 18 heavy (non-hydrogen) atoms. The SMILES string of the molecule is CC(C)NCCCSc1ccc(C(C)(C)C)cc1. The first kappa shape index (κ1) is 15.6. The molecule has 0 atom stereocenters. The summed E-state index contributed by atoms with van der Waals surface area (Å²) in [7, 11) is 0. The molecule has 2 heteroatoms. The average molecular weight is 265 g/mol. The number of nitrogens with one attached hydrogen (secondary N) is 1. The molecule has 0 radical (unpaired) electrons. The van der Waals surface area contributed by atoms with Crippen LogP contribution in [0.3, 0.4) is 0 Å². The quantitative estimate of drug-likeness (QED) is 0.602. The van der Waals surface area contributed by atoms with Gasteiger partial charge in [0.25, 0.3) is 0 Å². The molecule has 0 aromatic heterocycles.